The van der Waals surface area contributed by atoms with Crippen LogP contribution in [-0.2, 0) is 10.9 Å². The van der Waals surface area contributed by atoms with E-state index < -0.39 is 23.4 Å². The minimum atomic E-state index is -4.82. The molecule has 9 heteroatoms. The number of methoxy groups -OCH3 is 1. The maximum Gasteiger partial charge on any atom is 0.434 e. The maximum atomic E-state index is 13.1. The molecular weight excluding hydrogens is 327 g/mol. The molecule has 0 aliphatic rings. The van der Waals surface area contributed by atoms with Gasteiger partial charge in [-0.05, 0) is 31.2 Å². The van der Waals surface area contributed by atoms with E-state index in [-0.39, 0.29) is 12.6 Å². The second-order valence-electron chi connectivity index (χ2n) is 4.53. The third kappa shape index (κ3) is 4.12. The van der Waals surface area contributed by atoms with Gasteiger partial charge in [0.2, 0.25) is 5.95 Å². The highest BCUT2D eigenvalue weighted by atomic mass is 19.4. The van der Waals surface area contributed by atoms with Crippen LogP contribution in [0.2, 0.25) is 0 Å². The van der Waals surface area contributed by atoms with E-state index >= 15 is 0 Å². The summed E-state index contributed by atoms with van der Waals surface area (Å²) in [7, 11) is 1.50. The van der Waals surface area contributed by atoms with Gasteiger partial charge in [-0.25, -0.2) is 14.8 Å². The predicted octanol–water partition coefficient (Wildman–Crippen LogP) is 3.42. The van der Waals surface area contributed by atoms with Crippen LogP contribution in [-0.4, -0.2) is 29.7 Å². The van der Waals surface area contributed by atoms with Crippen LogP contribution in [0.1, 0.15) is 23.0 Å². The summed E-state index contributed by atoms with van der Waals surface area (Å²) in [4.78, 5) is 18.8. The van der Waals surface area contributed by atoms with Crippen LogP contribution in [0.4, 0.5) is 24.8 Å². The topological polar surface area (TPSA) is 73.3 Å². The molecule has 0 atom stereocenters. The van der Waals surface area contributed by atoms with E-state index in [0.29, 0.717) is 11.4 Å². The van der Waals surface area contributed by atoms with E-state index in [1.165, 1.54) is 14.0 Å². The van der Waals surface area contributed by atoms with Gasteiger partial charge in [-0.15, -0.1) is 0 Å². The van der Waals surface area contributed by atoms with Gasteiger partial charge < -0.3 is 14.8 Å². The Bertz CT molecular complexity index is 718. The number of alkyl halides is 3. The molecule has 1 aromatic carbocycles. The molecule has 0 saturated heterocycles. The molecule has 0 aliphatic heterocycles. The van der Waals surface area contributed by atoms with Crippen LogP contribution in [0.25, 0.3) is 0 Å². The molecule has 0 bridgehead atoms. The predicted molar refractivity (Wildman–Crippen MR) is 79.3 cm³/mol. The van der Waals surface area contributed by atoms with Crippen molar-refractivity contribution >= 4 is 17.6 Å². The van der Waals surface area contributed by atoms with E-state index in [9.17, 15) is 18.0 Å². The number of benzene rings is 1. The van der Waals surface area contributed by atoms with Crippen LogP contribution in [0.5, 0.6) is 5.75 Å². The Kier molecular flexibility index (Phi) is 5.22. The first-order valence-electron chi connectivity index (χ1n) is 6.87. The van der Waals surface area contributed by atoms with Gasteiger partial charge in [0.1, 0.15) is 11.3 Å². The Balaban J connectivity index is 2.33. The highest BCUT2D eigenvalue weighted by Crippen LogP contribution is 2.31. The third-order valence-corrected chi connectivity index (χ3v) is 2.90. The number of halogens is 3. The van der Waals surface area contributed by atoms with Crippen LogP contribution >= 0.6 is 0 Å². The Morgan fingerprint density at radius 2 is 1.92 bits per heavy atom. The molecule has 0 amide bonds. The zero-order valence-electron chi connectivity index (χ0n) is 12.8. The SMILES string of the molecule is CCOC(=O)c1cnc(Nc2ccc(OC)cc2)nc1C(F)(F)F. The number of anilines is 2. The highest BCUT2D eigenvalue weighted by molar-refractivity contribution is 5.90. The number of esters is 1. The summed E-state index contributed by atoms with van der Waals surface area (Å²) in [6.45, 7) is 1.44. The summed E-state index contributed by atoms with van der Waals surface area (Å²) in [5.41, 5.74) is -1.62. The van der Waals surface area contributed by atoms with E-state index in [0.717, 1.165) is 6.20 Å². The van der Waals surface area contributed by atoms with Gasteiger partial charge in [0.15, 0.2) is 5.69 Å². The molecule has 1 N–H and O–H groups in total. The van der Waals surface area contributed by atoms with Gasteiger partial charge in [0.05, 0.1) is 13.7 Å². The molecule has 6 nitrogen and oxygen atoms in total. The summed E-state index contributed by atoms with van der Waals surface area (Å²) in [5, 5.41) is 2.64. The van der Waals surface area contributed by atoms with Gasteiger partial charge in [-0.3, -0.25) is 0 Å². The highest BCUT2D eigenvalue weighted by Gasteiger charge is 2.38. The summed E-state index contributed by atoms with van der Waals surface area (Å²) in [6, 6.07) is 6.43. The smallest absolute Gasteiger partial charge is 0.434 e. The fourth-order valence-corrected chi connectivity index (χ4v) is 1.82. The number of carbonyl (C=O) groups is 1. The molecule has 1 heterocycles. The fourth-order valence-electron chi connectivity index (χ4n) is 1.82. The van der Waals surface area contributed by atoms with Gasteiger partial charge in [0.25, 0.3) is 0 Å². The van der Waals surface area contributed by atoms with Gasteiger partial charge in [-0.2, -0.15) is 13.2 Å². The first-order chi connectivity index (χ1) is 11.3. The first-order valence-corrected chi connectivity index (χ1v) is 6.87. The number of nitrogens with zero attached hydrogens (tertiary/aromatic N) is 2. The van der Waals surface area contributed by atoms with E-state index in [1.807, 2.05) is 0 Å². The number of ether oxygens (including phenoxy) is 2. The lowest BCUT2D eigenvalue weighted by Gasteiger charge is -2.13. The van der Waals surface area contributed by atoms with Crippen molar-refractivity contribution in [2.45, 2.75) is 13.1 Å². The monoisotopic (exact) mass is 341 g/mol. The molecule has 1 aromatic heterocycles. The van der Waals surface area contributed by atoms with E-state index in [2.05, 4.69) is 20.0 Å². The number of rotatable bonds is 5. The van der Waals surface area contributed by atoms with Crippen molar-refractivity contribution in [3.63, 3.8) is 0 Å². The standard InChI is InChI=1S/C15H14F3N3O3/c1-3-24-13(22)11-8-19-14(21-12(11)15(16,17)18)20-9-4-6-10(23-2)7-5-9/h4-8H,3H2,1-2H3,(H,19,20,21). The largest absolute Gasteiger partial charge is 0.497 e. The van der Waals surface area contributed by atoms with Crippen LogP contribution in [0, 0.1) is 0 Å². The lowest BCUT2D eigenvalue weighted by molar-refractivity contribution is -0.141. The first kappa shape index (κ1) is 17.5. The van der Waals surface area contributed by atoms with Crippen molar-refractivity contribution in [3.8, 4) is 5.75 Å². The number of hydrogen-bond acceptors (Lipinski definition) is 6. The zero-order valence-corrected chi connectivity index (χ0v) is 12.8. The summed E-state index contributed by atoms with van der Waals surface area (Å²) >= 11 is 0. The fraction of sp³-hybridized carbons (Fsp3) is 0.267. The van der Waals surface area contributed by atoms with E-state index in [4.69, 9.17) is 4.74 Å². The molecule has 0 fully saturated rings. The van der Waals surface area contributed by atoms with Gasteiger partial charge >= 0.3 is 12.1 Å². The average Bonchev–Trinajstić information content (AvgIpc) is 2.55. The number of nitrogens with one attached hydrogen (secondary N) is 1. The minimum Gasteiger partial charge on any atom is -0.497 e. The Hall–Kier alpha value is -2.84. The van der Waals surface area contributed by atoms with Crippen LogP contribution in [0.3, 0.4) is 0 Å². The maximum absolute atomic E-state index is 13.1. The molecule has 2 rings (SSSR count). The van der Waals surface area contributed by atoms with Crippen molar-refractivity contribution < 1.29 is 27.4 Å². The lowest BCUT2D eigenvalue weighted by Crippen LogP contribution is -2.19. The molecule has 0 saturated carbocycles. The van der Waals surface area contributed by atoms with Crippen LogP contribution < -0.4 is 10.1 Å². The summed E-state index contributed by atoms with van der Waals surface area (Å²) in [5.74, 6) is -0.823. The molecule has 2 aromatic rings. The number of carbonyl (C=O) groups excluding carboxylic acids is 1. The second-order valence-corrected chi connectivity index (χ2v) is 4.53. The van der Waals surface area contributed by atoms with Crippen molar-refractivity contribution in [2.75, 3.05) is 19.0 Å². The quantitative estimate of drug-likeness (QED) is 0.840. The number of hydrogen-bond donors (Lipinski definition) is 1. The summed E-state index contributed by atoms with van der Waals surface area (Å²) < 4.78 is 49.0. The molecule has 0 radical (unpaired) electrons. The van der Waals surface area contributed by atoms with Crippen molar-refractivity contribution in [1.82, 2.24) is 9.97 Å². The molecule has 0 spiro atoms. The van der Waals surface area contributed by atoms with Crippen molar-refractivity contribution in [2.24, 2.45) is 0 Å². The Morgan fingerprint density at radius 3 is 2.46 bits per heavy atom. The summed E-state index contributed by atoms with van der Waals surface area (Å²) in [6.07, 6.45) is -4.03. The lowest BCUT2D eigenvalue weighted by atomic mass is 10.2. The molecule has 0 unspecified atom stereocenters. The minimum absolute atomic E-state index is 0.0536. The second kappa shape index (κ2) is 7.16. The average molecular weight is 341 g/mol. The normalized spacial score (nSPS) is 11.0. The van der Waals surface area contributed by atoms with Gasteiger partial charge in [0, 0.05) is 11.9 Å². The Labute approximate surface area is 135 Å². The van der Waals surface area contributed by atoms with Gasteiger partial charge in [-0.1, -0.05) is 0 Å². The number of aromatic nitrogens is 2. The van der Waals surface area contributed by atoms with Crippen molar-refractivity contribution in [3.05, 3.63) is 41.7 Å². The third-order valence-electron chi connectivity index (χ3n) is 2.90. The van der Waals surface area contributed by atoms with E-state index in [1.54, 1.807) is 24.3 Å². The molecule has 0 aliphatic carbocycles. The molecular formula is C15H14F3N3O3. The molecule has 128 valence electrons. The Morgan fingerprint density at radius 1 is 1.25 bits per heavy atom. The zero-order chi connectivity index (χ0) is 17.7. The van der Waals surface area contributed by atoms with Crippen LogP contribution in [0.15, 0.2) is 30.5 Å². The van der Waals surface area contributed by atoms with Crippen molar-refractivity contribution in [1.29, 1.82) is 0 Å². The molecule has 24 heavy (non-hydrogen) atoms.